The standard InChI is InChI=1S/C16H19N3O4/c20-15(21)7-6-11-4-1-2-8-19(11)16(22)13-10-12(17-18-13)14-5-3-9-23-14/h3,5,9-11H,1-2,4,6-8H2,(H,17,18)(H,20,21). The monoisotopic (exact) mass is 317 g/mol. The predicted octanol–water partition coefficient (Wildman–Crippen LogP) is 2.53. The molecule has 0 radical (unpaired) electrons. The van der Waals surface area contributed by atoms with Crippen LogP contribution in [-0.2, 0) is 4.79 Å². The average molecular weight is 317 g/mol. The number of nitrogens with zero attached hydrogens (tertiary/aromatic N) is 2. The fourth-order valence-electron chi connectivity index (χ4n) is 2.99. The Kier molecular flexibility index (Phi) is 4.45. The number of aliphatic carboxylic acids is 1. The summed E-state index contributed by atoms with van der Waals surface area (Å²) < 4.78 is 5.28. The van der Waals surface area contributed by atoms with Gasteiger partial charge in [-0.05, 0) is 37.8 Å². The summed E-state index contributed by atoms with van der Waals surface area (Å²) in [5.41, 5.74) is 0.982. The molecule has 2 aromatic heterocycles. The Balaban J connectivity index is 1.73. The molecule has 1 unspecified atom stereocenters. The number of carboxylic acids is 1. The van der Waals surface area contributed by atoms with Gasteiger partial charge in [-0.3, -0.25) is 14.7 Å². The maximum atomic E-state index is 12.7. The van der Waals surface area contributed by atoms with Gasteiger partial charge in [-0.15, -0.1) is 0 Å². The largest absolute Gasteiger partial charge is 0.481 e. The molecule has 0 spiro atoms. The highest BCUT2D eigenvalue weighted by molar-refractivity contribution is 5.93. The second kappa shape index (κ2) is 6.68. The van der Waals surface area contributed by atoms with E-state index in [9.17, 15) is 9.59 Å². The second-order valence-electron chi connectivity index (χ2n) is 5.72. The molecule has 1 aliphatic heterocycles. The minimum absolute atomic E-state index is 0.0314. The van der Waals surface area contributed by atoms with E-state index in [-0.39, 0.29) is 18.4 Å². The lowest BCUT2D eigenvalue weighted by Crippen LogP contribution is -2.44. The van der Waals surface area contributed by atoms with Gasteiger partial charge in [0.1, 0.15) is 5.69 Å². The summed E-state index contributed by atoms with van der Waals surface area (Å²) in [6.45, 7) is 0.645. The van der Waals surface area contributed by atoms with Gasteiger partial charge >= 0.3 is 5.97 Å². The molecule has 3 heterocycles. The number of likely N-dealkylation sites (tertiary alicyclic amines) is 1. The van der Waals surface area contributed by atoms with Crippen LogP contribution in [0.4, 0.5) is 0 Å². The highest BCUT2D eigenvalue weighted by Gasteiger charge is 2.29. The molecule has 1 saturated heterocycles. The number of nitrogens with one attached hydrogen (secondary N) is 1. The summed E-state index contributed by atoms with van der Waals surface area (Å²) in [4.78, 5) is 25.3. The zero-order chi connectivity index (χ0) is 16.2. The van der Waals surface area contributed by atoms with Gasteiger partial charge in [0.05, 0.1) is 6.26 Å². The predicted molar refractivity (Wildman–Crippen MR) is 81.8 cm³/mol. The minimum atomic E-state index is -0.831. The number of carboxylic acid groups (broad SMARTS) is 1. The summed E-state index contributed by atoms with van der Waals surface area (Å²) in [6.07, 6.45) is 4.92. The van der Waals surface area contributed by atoms with Gasteiger partial charge in [-0.2, -0.15) is 5.10 Å². The molecule has 122 valence electrons. The van der Waals surface area contributed by atoms with E-state index in [0.717, 1.165) is 19.3 Å². The number of carbonyl (C=O) groups is 2. The normalized spacial score (nSPS) is 18.1. The van der Waals surface area contributed by atoms with Crippen molar-refractivity contribution in [2.75, 3.05) is 6.54 Å². The molecule has 1 aliphatic rings. The second-order valence-corrected chi connectivity index (χ2v) is 5.72. The van der Waals surface area contributed by atoms with Crippen LogP contribution in [0.25, 0.3) is 11.5 Å². The Morgan fingerprint density at radius 3 is 3.04 bits per heavy atom. The van der Waals surface area contributed by atoms with Gasteiger partial charge in [0.15, 0.2) is 11.5 Å². The molecule has 0 saturated carbocycles. The lowest BCUT2D eigenvalue weighted by Gasteiger charge is -2.35. The number of hydrogen-bond acceptors (Lipinski definition) is 4. The van der Waals surface area contributed by atoms with Crippen molar-refractivity contribution < 1.29 is 19.1 Å². The molecule has 7 heteroatoms. The van der Waals surface area contributed by atoms with Crippen LogP contribution in [0.15, 0.2) is 28.9 Å². The molecule has 23 heavy (non-hydrogen) atoms. The molecule has 2 aromatic rings. The minimum Gasteiger partial charge on any atom is -0.481 e. The maximum absolute atomic E-state index is 12.7. The molecule has 2 N–H and O–H groups in total. The molecule has 0 bridgehead atoms. The summed E-state index contributed by atoms with van der Waals surface area (Å²) in [5, 5.41) is 15.8. The van der Waals surface area contributed by atoms with Crippen LogP contribution in [0.3, 0.4) is 0 Å². The fraction of sp³-hybridized carbons (Fsp3) is 0.438. The molecule has 3 rings (SSSR count). The summed E-state index contributed by atoms with van der Waals surface area (Å²) >= 11 is 0. The number of rotatable bonds is 5. The molecular weight excluding hydrogens is 298 g/mol. The maximum Gasteiger partial charge on any atom is 0.303 e. The van der Waals surface area contributed by atoms with E-state index in [1.807, 2.05) is 0 Å². The Hall–Kier alpha value is -2.57. The Morgan fingerprint density at radius 1 is 1.43 bits per heavy atom. The van der Waals surface area contributed by atoms with Crippen molar-refractivity contribution in [2.24, 2.45) is 0 Å². The highest BCUT2D eigenvalue weighted by atomic mass is 16.4. The van der Waals surface area contributed by atoms with Crippen molar-refractivity contribution in [2.45, 2.75) is 38.1 Å². The van der Waals surface area contributed by atoms with Crippen LogP contribution in [-0.4, -0.2) is 44.7 Å². The third kappa shape index (κ3) is 3.44. The first-order chi connectivity index (χ1) is 11.1. The first-order valence-electron chi connectivity index (χ1n) is 7.77. The Bertz CT molecular complexity index is 677. The molecule has 1 atom stereocenters. The van der Waals surface area contributed by atoms with Crippen LogP contribution in [0, 0.1) is 0 Å². The van der Waals surface area contributed by atoms with Gasteiger partial charge in [0, 0.05) is 25.1 Å². The molecule has 1 amide bonds. The van der Waals surface area contributed by atoms with Crippen molar-refractivity contribution in [3.05, 3.63) is 30.2 Å². The first kappa shape index (κ1) is 15.3. The van der Waals surface area contributed by atoms with Crippen LogP contribution in [0.2, 0.25) is 0 Å². The van der Waals surface area contributed by atoms with Crippen molar-refractivity contribution in [1.29, 1.82) is 0 Å². The average Bonchev–Trinajstić information content (AvgIpc) is 3.23. The summed E-state index contributed by atoms with van der Waals surface area (Å²) in [6, 6.07) is 5.20. The number of hydrogen-bond donors (Lipinski definition) is 2. The lowest BCUT2D eigenvalue weighted by atomic mass is 9.97. The molecule has 0 aromatic carbocycles. The van der Waals surface area contributed by atoms with Gasteiger partial charge in [0.2, 0.25) is 0 Å². The van der Waals surface area contributed by atoms with Crippen LogP contribution in [0.5, 0.6) is 0 Å². The first-order valence-corrected chi connectivity index (χ1v) is 7.77. The smallest absolute Gasteiger partial charge is 0.303 e. The van der Waals surface area contributed by atoms with Crippen LogP contribution >= 0.6 is 0 Å². The third-order valence-electron chi connectivity index (χ3n) is 4.16. The fourth-order valence-corrected chi connectivity index (χ4v) is 2.99. The van der Waals surface area contributed by atoms with Crippen molar-refractivity contribution in [3.63, 3.8) is 0 Å². The number of aromatic nitrogens is 2. The lowest BCUT2D eigenvalue weighted by molar-refractivity contribution is -0.137. The SMILES string of the molecule is O=C(O)CCC1CCCCN1C(=O)c1cc(-c2ccco2)[nH]n1. The third-order valence-corrected chi connectivity index (χ3v) is 4.16. The number of furan rings is 1. The van der Waals surface area contributed by atoms with E-state index in [0.29, 0.717) is 30.1 Å². The highest BCUT2D eigenvalue weighted by Crippen LogP contribution is 2.24. The molecule has 0 aliphatic carbocycles. The zero-order valence-electron chi connectivity index (χ0n) is 12.7. The van der Waals surface area contributed by atoms with Crippen molar-refractivity contribution >= 4 is 11.9 Å². The number of amides is 1. The molecule has 1 fully saturated rings. The van der Waals surface area contributed by atoms with Crippen LogP contribution < -0.4 is 0 Å². The van der Waals surface area contributed by atoms with E-state index in [1.165, 1.54) is 0 Å². The van der Waals surface area contributed by atoms with E-state index < -0.39 is 5.97 Å². The quantitative estimate of drug-likeness (QED) is 0.882. The number of carbonyl (C=O) groups excluding carboxylic acids is 1. The summed E-state index contributed by atoms with van der Waals surface area (Å²) in [5.74, 6) is -0.366. The van der Waals surface area contributed by atoms with E-state index in [4.69, 9.17) is 9.52 Å². The van der Waals surface area contributed by atoms with Gasteiger partial charge in [0.25, 0.3) is 5.91 Å². The van der Waals surface area contributed by atoms with Crippen molar-refractivity contribution in [3.8, 4) is 11.5 Å². The topological polar surface area (TPSA) is 99.4 Å². The van der Waals surface area contributed by atoms with E-state index >= 15 is 0 Å². The number of piperidine rings is 1. The zero-order valence-corrected chi connectivity index (χ0v) is 12.7. The Labute approximate surface area is 133 Å². The molecular formula is C16H19N3O4. The molecule has 7 nitrogen and oxygen atoms in total. The number of aromatic amines is 1. The van der Waals surface area contributed by atoms with E-state index in [2.05, 4.69) is 10.2 Å². The van der Waals surface area contributed by atoms with Crippen molar-refractivity contribution in [1.82, 2.24) is 15.1 Å². The summed E-state index contributed by atoms with van der Waals surface area (Å²) in [7, 11) is 0. The van der Waals surface area contributed by atoms with Gasteiger partial charge in [-0.25, -0.2) is 0 Å². The van der Waals surface area contributed by atoms with E-state index in [1.54, 1.807) is 29.4 Å². The van der Waals surface area contributed by atoms with Gasteiger partial charge < -0.3 is 14.4 Å². The van der Waals surface area contributed by atoms with Gasteiger partial charge in [-0.1, -0.05) is 0 Å². The van der Waals surface area contributed by atoms with Crippen LogP contribution in [0.1, 0.15) is 42.6 Å². The number of H-pyrrole nitrogens is 1. The Morgan fingerprint density at radius 2 is 2.30 bits per heavy atom.